The number of benzene rings is 2. The van der Waals surface area contributed by atoms with Crippen molar-refractivity contribution in [3.05, 3.63) is 80.4 Å². The zero-order valence-electron chi connectivity index (χ0n) is 12.8. The van der Waals surface area contributed by atoms with Gasteiger partial charge in [-0.1, -0.05) is 39.7 Å². The van der Waals surface area contributed by atoms with Crippen LogP contribution in [0.5, 0.6) is 0 Å². The van der Waals surface area contributed by atoms with Gasteiger partial charge in [0.25, 0.3) is 0 Å². The Morgan fingerprint density at radius 2 is 1.88 bits per heavy atom. The molecule has 4 nitrogen and oxygen atoms in total. The van der Waals surface area contributed by atoms with Gasteiger partial charge in [-0.2, -0.15) is 0 Å². The number of allylic oxidation sites excluding steroid dienone is 1. The minimum atomic E-state index is -0.514. The number of rotatable bonds is 3. The zero-order chi connectivity index (χ0) is 17.3. The van der Waals surface area contributed by atoms with Crippen molar-refractivity contribution >= 4 is 39.3 Å². The number of ketones is 1. The van der Waals surface area contributed by atoms with Crippen molar-refractivity contribution in [2.75, 3.05) is 0 Å². The van der Waals surface area contributed by atoms with Gasteiger partial charge in [0.05, 0.1) is 6.04 Å². The summed E-state index contributed by atoms with van der Waals surface area (Å²) < 4.78 is 0.878. The molecule has 122 valence electrons. The molecule has 0 bridgehead atoms. The Morgan fingerprint density at radius 3 is 2.54 bits per heavy atom. The predicted octanol–water partition coefficient (Wildman–Crippen LogP) is 4.61. The lowest BCUT2D eigenvalue weighted by molar-refractivity contribution is 0.102. The van der Waals surface area contributed by atoms with Gasteiger partial charge >= 0.3 is 6.03 Å². The summed E-state index contributed by atoms with van der Waals surface area (Å²) in [6.45, 7) is 1.73. The van der Waals surface area contributed by atoms with Crippen LogP contribution in [-0.2, 0) is 0 Å². The molecule has 24 heavy (non-hydrogen) atoms. The number of hydrogen-bond donors (Lipinski definition) is 2. The lowest BCUT2D eigenvalue weighted by Crippen LogP contribution is -2.45. The van der Waals surface area contributed by atoms with Crippen LogP contribution in [0.25, 0.3) is 0 Å². The third-order valence-corrected chi connectivity index (χ3v) is 4.55. The Morgan fingerprint density at radius 1 is 1.17 bits per heavy atom. The molecule has 0 fully saturated rings. The van der Waals surface area contributed by atoms with Crippen molar-refractivity contribution in [2.45, 2.75) is 13.0 Å². The number of carbonyl (C=O) groups excluding carboxylic acids is 2. The first-order valence-corrected chi connectivity index (χ1v) is 8.47. The fraction of sp³-hybridized carbons (Fsp3) is 0.111. The van der Waals surface area contributed by atoms with E-state index in [1.165, 1.54) is 0 Å². The largest absolute Gasteiger partial charge is 0.327 e. The SMILES string of the molecule is CC1=C(C(=O)c2ccc(Cl)cc2)C(c2cccc(Br)c2)NC(=O)N1. The van der Waals surface area contributed by atoms with E-state index >= 15 is 0 Å². The van der Waals surface area contributed by atoms with Gasteiger partial charge in [0.1, 0.15) is 0 Å². The summed E-state index contributed by atoms with van der Waals surface area (Å²) in [5, 5.41) is 6.07. The molecule has 2 aromatic carbocycles. The molecular weight excluding hydrogens is 392 g/mol. The van der Waals surface area contributed by atoms with Gasteiger partial charge in [-0.3, -0.25) is 4.79 Å². The van der Waals surface area contributed by atoms with Gasteiger partial charge in [-0.25, -0.2) is 4.79 Å². The van der Waals surface area contributed by atoms with Gasteiger partial charge in [0, 0.05) is 26.3 Å². The predicted molar refractivity (Wildman–Crippen MR) is 97.0 cm³/mol. The Bertz CT molecular complexity index is 846. The molecule has 1 aliphatic rings. The lowest BCUT2D eigenvalue weighted by Gasteiger charge is -2.28. The van der Waals surface area contributed by atoms with Crippen LogP contribution in [0.2, 0.25) is 5.02 Å². The number of urea groups is 1. The molecule has 0 saturated carbocycles. The first-order valence-electron chi connectivity index (χ1n) is 7.29. The van der Waals surface area contributed by atoms with Crippen molar-refractivity contribution in [2.24, 2.45) is 0 Å². The maximum absolute atomic E-state index is 13.0. The standard InChI is InChI=1S/C18H14BrClN2O2/c1-10-15(17(23)11-5-7-14(20)8-6-11)16(22-18(24)21-10)12-3-2-4-13(19)9-12/h2-9,16H,1H3,(H2,21,22,24). The molecule has 1 atom stereocenters. The second kappa shape index (κ2) is 6.79. The molecular formula is C18H14BrClN2O2. The highest BCUT2D eigenvalue weighted by molar-refractivity contribution is 9.10. The Balaban J connectivity index is 2.06. The average Bonchev–Trinajstić information content (AvgIpc) is 2.54. The third-order valence-electron chi connectivity index (χ3n) is 3.80. The molecule has 0 aromatic heterocycles. The van der Waals surface area contributed by atoms with Crippen LogP contribution in [-0.4, -0.2) is 11.8 Å². The summed E-state index contributed by atoms with van der Waals surface area (Å²) >= 11 is 9.32. The molecule has 2 amide bonds. The highest BCUT2D eigenvalue weighted by Crippen LogP contribution is 2.30. The Hall–Kier alpha value is -2.11. The molecule has 1 heterocycles. The summed E-state index contributed by atoms with van der Waals surface area (Å²) in [7, 11) is 0. The maximum Gasteiger partial charge on any atom is 0.319 e. The molecule has 0 saturated heterocycles. The van der Waals surface area contributed by atoms with Crippen molar-refractivity contribution in [3.63, 3.8) is 0 Å². The molecule has 0 radical (unpaired) electrons. The molecule has 2 N–H and O–H groups in total. The second-order valence-electron chi connectivity index (χ2n) is 5.46. The van der Waals surface area contributed by atoms with Gasteiger partial charge < -0.3 is 10.6 Å². The number of nitrogens with one attached hydrogen (secondary N) is 2. The van der Waals surface area contributed by atoms with E-state index in [1.54, 1.807) is 31.2 Å². The fourth-order valence-electron chi connectivity index (χ4n) is 2.69. The normalized spacial score (nSPS) is 17.3. The van der Waals surface area contributed by atoms with Crippen LogP contribution in [0, 0.1) is 0 Å². The summed E-state index contributed by atoms with van der Waals surface area (Å²) in [5.74, 6) is -0.151. The van der Waals surface area contributed by atoms with Crippen LogP contribution < -0.4 is 10.6 Å². The van der Waals surface area contributed by atoms with Crippen LogP contribution >= 0.6 is 27.5 Å². The van der Waals surface area contributed by atoms with Crippen molar-refractivity contribution in [3.8, 4) is 0 Å². The monoisotopic (exact) mass is 404 g/mol. The summed E-state index contributed by atoms with van der Waals surface area (Å²) in [5.41, 5.74) is 2.40. The van der Waals surface area contributed by atoms with Crippen LogP contribution in [0.4, 0.5) is 4.79 Å². The minimum absolute atomic E-state index is 0.151. The van der Waals surface area contributed by atoms with Gasteiger partial charge in [-0.05, 0) is 48.9 Å². The van der Waals surface area contributed by atoms with E-state index < -0.39 is 6.04 Å². The van der Waals surface area contributed by atoms with E-state index in [-0.39, 0.29) is 11.8 Å². The Labute approximate surface area is 153 Å². The second-order valence-corrected chi connectivity index (χ2v) is 6.81. The molecule has 0 spiro atoms. The molecule has 0 aliphatic carbocycles. The Kier molecular flexibility index (Phi) is 4.73. The number of carbonyl (C=O) groups is 2. The topological polar surface area (TPSA) is 58.2 Å². The van der Waals surface area contributed by atoms with E-state index in [9.17, 15) is 9.59 Å². The first kappa shape index (κ1) is 16.7. The summed E-state index contributed by atoms with van der Waals surface area (Å²) in [6.07, 6.45) is 0. The maximum atomic E-state index is 13.0. The minimum Gasteiger partial charge on any atom is -0.327 e. The first-order chi connectivity index (χ1) is 11.5. The summed E-state index contributed by atoms with van der Waals surface area (Å²) in [6, 6.07) is 13.4. The van der Waals surface area contributed by atoms with Crippen LogP contribution in [0.3, 0.4) is 0 Å². The average molecular weight is 406 g/mol. The van der Waals surface area contributed by atoms with E-state index in [0.717, 1.165) is 10.0 Å². The molecule has 1 unspecified atom stereocenters. The van der Waals surface area contributed by atoms with E-state index in [1.807, 2.05) is 24.3 Å². The number of Topliss-reactive ketones (excluding diaryl/α,β-unsaturated/α-hetero) is 1. The summed E-state index contributed by atoms with van der Waals surface area (Å²) in [4.78, 5) is 24.9. The molecule has 6 heteroatoms. The molecule has 2 aromatic rings. The van der Waals surface area contributed by atoms with E-state index in [2.05, 4.69) is 26.6 Å². The number of halogens is 2. The van der Waals surface area contributed by atoms with E-state index in [4.69, 9.17) is 11.6 Å². The van der Waals surface area contributed by atoms with Gasteiger partial charge in [0.15, 0.2) is 5.78 Å². The quantitative estimate of drug-likeness (QED) is 0.732. The lowest BCUT2D eigenvalue weighted by atomic mass is 9.90. The van der Waals surface area contributed by atoms with Crippen molar-refractivity contribution in [1.29, 1.82) is 0 Å². The highest BCUT2D eigenvalue weighted by atomic mass is 79.9. The van der Waals surface area contributed by atoms with Crippen molar-refractivity contribution < 1.29 is 9.59 Å². The van der Waals surface area contributed by atoms with E-state index in [0.29, 0.717) is 21.9 Å². The number of hydrogen-bond acceptors (Lipinski definition) is 2. The highest BCUT2D eigenvalue weighted by Gasteiger charge is 2.31. The zero-order valence-corrected chi connectivity index (χ0v) is 15.1. The van der Waals surface area contributed by atoms with Gasteiger partial charge in [0.2, 0.25) is 0 Å². The van der Waals surface area contributed by atoms with Crippen molar-refractivity contribution in [1.82, 2.24) is 10.6 Å². The van der Waals surface area contributed by atoms with Gasteiger partial charge in [-0.15, -0.1) is 0 Å². The third kappa shape index (κ3) is 3.37. The molecule has 1 aliphatic heterocycles. The number of amides is 2. The fourth-order valence-corrected chi connectivity index (χ4v) is 3.23. The van der Waals surface area contributed by atoms with Crippen LogP contribution in [0.1, 0.15) is 28.9 Å². The smallest absolute Gasteiger partial charge is 0.319 e. The molecule has 3 rings (SSSR count). The van der Waals surface area contributed by atoms with Crippen LogP contribution in [0.15, 0.2) is 64.3 Å².